The standard InChI is InChI=1S/C17H24N2O/c20-17(19-11-9-16-6-1-2-10-18-16)15-8-7-13-4-3-5-14(13)12-15/h7-8,12,16,18H,1-6,9-11H2,(H,19,20). The first-order chi connectivity index (χ1) is 9.83. The summed E-state index contributed by atoms with van der Waals surface area (Å²) in [5.41, 5.74) is 3.61. The van der Waals surface area contributed by atoms with Crippen LogP contribution in [0.3, 0.4) is 0 Å². The average Bonchev–Trinajstić information content (AvgIpc) is 2.95. The van der Waals surface area contributed by atoms with Crippen molar-refractivity contribution in [1.29, 1.82) is 0 Å². The van der Waals surface area contributed by atoms with Crippen molar-refractivity contribution in [2.75, 3.05) is 13.1 Å². The van der Waals surface area contributed by atoms with Gasteiger partial charge in [0.25, 0.3) is 5.91 Å². The third-order valence-electron chi connectivity index (χ3n) is 4.55. The van der Waals surface area contributed by atoms with E-state index in [1.807, 2.05) is 6.07 Å². The molecule has 108 valence electrons. The molecule has 3 rings (SSSR count). The minimum Gasteiger partial charge on any atom is -0.352 e. The van der Waals surface area contributed by atoms with Crippen LogP contribution >= 0.6 is 0 Å². The molecule has 1 aliphatic heterocycles. The number of hydrogen-bond acceptors (Lipinski definition) is 2. The number of aryl methyl sites for hydroxylation is 2. The third-order valence-corrected chi connectivity index (χ3v) is 4.55. The smallest absolute Gasteiger partial charge is 0.251 e. The molecule has 20 heavy (non-hydrogen) atoms. The third kappa shape index (κ3) is 3.21. The highest BCUT2D eigenvalue weighted by Gasteiger charge is 2.15. The fourth-order valence-electron chi connectivity index (χ4n) is 3.35. The Bertz CT molecular complexity index is 478. The minimum atomic E-state index is 0.0792. The topological polar surface area (TPSA) is 41.1 Å². The van der Waals surface area contributed by atoms with Crippen LogP contribution in [-0.4, -0.2) is 25.0 Å². The van der Waals surface area contributed by atoms with Crippen LogP contribution < -0.4 is 10.6 Å². The summed E-state index contributed by atoms with van der Waals surface area (Å²) in [7, 11) is 0. The van der Waals surface area contributed by atoms with Crippen LogP contribution in [0.1, 0.15) is 53.6 Å². The summed E-state index contributed by atoms with van der Waals surface area (Å²) in [5.74, 6) is 0.0792. The molecule has 0 spiro atoms. The lowest BCUT2D eigenvalue weighted by Gasteiger charge is -2.23. The quantitative estimate of drug-likeness (QED) is 0.884. The van der Waals surface area contributed by atoms with Crippen molar-refractivity contribution in [3.8, 4) is 0 Å². The number of hydrogen-bond donors (Lipinski definition) is 2. The molecule has 0 radical (unpaired) electrons. The lowest BCUT2D eigenvalue weighted by molar-refractivity contribution is 0.0951. The number of benzene rings is 1. The van der Waals surface area contributed by atoms with Crippen LogP contribution in [0.15, 0.2) is 18.2 Å². The summed E-state index contributed by atoms with van der Waals surface area (Å²) in [6.07, 6.45) is 8.42. The molecule has 1 atom stereocenters. The van der Waals surface area contributed by atoms with E-state index in [1.165, 1.54) is 43.2 Å². The Balaban J connectivity index is 1.49. The van der Waals surface area contributed by atoms with E-state index < -0.39 is 0 Å². The number of rotatable bonds is 4. The van der Waals surface area contributed by atoms with E-state index in [1.54, 1.807) is 0 Å². The summed E-state index contributed by atoms with van der Waals surface area (Å²) in [6.45, 7) is 1.90. The molecule has 3 heteroatoms. The molecule has 2 aliphatic rings. The van der Waals surface area contributed by atoms with Gasteiger partial charge in [-0.1, -0.05) is 12.5 Å². The fraction of sp³-hybridized carbons (Fsp3) is 0.588. The zero-order valence-electron chi connectivity index (χ0n) is 12.1. The fourth-order valence-corrected chi connectivity index (χ4v) is 3.35. The van der Waals surface area contributed by atoms with Crippen molar-refractivity contribution in [2.24, 2.45) is 0 Å². The molecular weight excluding hydrogens is 248 g/mol. The predicted octanol–water partition coefficient (Wildman–Crippen LogP) is 2.44. The Hall–Kier alpha value is -1.35. The Morgan fingerprint density at radius 3 is 2.95 bits per heavy atom. The lowest BCUT2D eigenvalue weighted by Crippen LogP contribution is -2.37. The summed E-state index contributed by atoms with van der Waals surface area (Å²) in [4.78, 5) is 12.2. The van der Waals surface area contributed by atoms with E-state index in [0.29, 0.717) is 6.04 Å². The first kappa shape index (κ1) is 13.6. The predicted molar refractivity (Wildman–Crippen MR) is 81.1 cm³/mol. The number of nitrogens with one attached hydrogen (secondary N) is 2. The molecule has 1 amide bonds. The van der Waals surface area contributed by atoms with Crippen molar-refractivity contribution in [3.63, 3.8) is 0 Å². The van der Waals surface area contributed by atoms with Gasteiger partial charge in [-0.3, -0.25) is 4.79 Å². The highest BCUT2D eigenvalue weighted by atomic mass is 16.1. The molecule has 1 saturated heterocycles. The van der Waals surface area contributed by atoms with E-state index in [0.717, 1.165) is 31.5 Å². The second-order valence-electron chi connectivity index (χ2n) is 6.03. The van der Waals surface area contributed by atoms with Gasteiger partial charge in [-0.05, 0) is 68.3 Å². The van der Waals surface area contributed by atoms with Crippen LogP contribution in [0.25, 0.3) is 0 Å². The highest BCUT2D eigenvalue weighted by Crippen LogP contribution is 2.22. The minimum absolute atomic E-state index is 0.0792. The van der Waals surface area contributed by atoms with Crippen LogP contribution in [-0.2, 0) is 12.8 Å². The van der Waals surface area contributed by atoms with E-state index in [-0.39, 0.29) is 5.91 Å². The normalized spacial score (nSPS) is 21.5. The van der Waals surface area contributed by atoms with Gasteiger partial charge in [-0.2, -0.15) is 0 Å². The molecule has 2 N–H and O–H groups in total. The van der Waals surface area contributed by atoms with Gasteiger partial charge in [-0.15, -0.1) is 0 Å². The van der Waals surface area contributed by atoms with E-state index in [2.05, 4.69) is 22.8 Å². The van der Waals surface area contributed by atoms with Crippen molar-refractivity contribution < 1.29 is 4.79 Å². The largest absolute Gasteiger partial charge is 0.352 e. The Morgan fingerprint density at radius 2 is 2.10 bits per heavy atom. The van der Waals surface area contributed by atoms with Gasteiger partial charge >= 0.3 is 0 Å². The van der Waals surface area contributed by atoms with Crippen LogP contribution in [0.2, 0.25) is 0 Å². The van der Waals surface area contributed by atoms with Gasteiger partial charge in [0.05, 0.1) is 0 Å². The van der Waals surface area contributed by atoms with Gasteiger partial charge in [0.1, 0.15) is 0 Å². The maximum absolute atomic E-state index is 12.2. The number of carbonyl (C=O) groups excluding carboxylic acids is 1. The van der Waals surface area contributed by atoms with Crippen molar-refractivity contribution in [2.45, 2.75) is 51.0 Å². The second kappa shape index (κ2) is 6.40. The highest BCUT2D eigenvalue weighted by molar-refractivity contribution is 5.94. The first-order valence-electron chi connectivity index (χ1n) is 7.96. The zero-order valence-corrected chi connectivity index (χ0v) is 12.1. The van der Waals surface area contributed by atoms with Gasteiger partial charge in [0.2, 0.25) is 0 Å². The van der Waals surface area contributed by atoms with E-state index in [4.69, 9.17) is 0 Å². The van der Waals surface area contributed by atoms with Crippen molar-refractivity contribution in [1.82, 2.24) is 10.6 Å². The summed E-state index contributed by atoms with van der Waals surface area (Å²) >= 11 is 0. The lowest BCUT2D eigenvalue weighted by atomic mass is 10.0. The molecule has 1 fully saturated rings. The number of amides is 1. The van der Waals surface area contributed by atoms with Crippen LogP contribution in [0, 0.1) is 0 Å². The maximum atomic E-state index is 12.2. The average molecular weight is 272 g/mol. The monoisotopic (exact) mass is 272 g/mol. The number of carbonyl (C=O) groups is 1. The molecule has 1 unspecified atom stereocenters. The van der Waals surface area contributed by atoms with Crippen molar-refractivity contribution >= 4 is 5.91 Å². The number of fused-ring (bicyclic) bond motifs is 1. The first-order valence-corrected chi connectivity index (χ1v) is 7.96. The number of piperidine rings is 1. The van der Waals surface area contributed by atoms with Crippen molar-refractivity contribution in [3.05, 3.63) is 34.9 Å². The molecule has 0 aromatic heterocycles. The van der Waals surface area contributed by atoms with Gasteiger partial charge in [0.15, 0.2) is 0 Å². The van der Waals surface area contributed by atoms with Gasteiger partial charge < -0.3 is 10.6 Å². The summed E-state index contributed by atoms with van der Waals surface area (Å²) in [5, 5.41) is 6.57. The second-order valence-corrected chi connectivity index (χ2v) is 6.03. The molecule has 1 heterocycles. The van der Waals surface area contributed by atoms with Crippen LogP contribution in [0.5, 0.6) is 0 Å². The van der Waals surface area contributed by atoms with E-state index in [9.17, 15) is 4.79 Å². The molecule has 1 aromatic carbocycles. The van der Waals surface area contributed by atoms with Crippen LogP contribution in [0.4, 0.5) is 0 Å². The molecular formula is C17H24N2O. The Kier molecular flexibility index (Phi) is 4.36. The summed E-state index contributed by atoms with van der Waals surface area (Å²) < 4.78 is 0. The van der Waals surface area contributed by atoms with Gasteiger partial charge in [-0.25, -0.2) is 0 Å². The molecule has 1 aromatic rings. The van der Waals surface area contributed by atoms with E-state index >= 15 is 0 Å². The zero-order chi connectivity index (χ0) is 13.8. The molecule has 3 nitrogen and oxygen atoms in total. The Morgan fingerprint density at radius 1 is 1.20 bits per heavy atom. The molecule has 0 saturated carbocycles. The molecule has 0 bridgehead atoms. The maximum Gasteiger partial charge on any atom is 0.251 e. The van der Waals surface area contributed by atoms with Gasteiger partial charge in [0, 0.05) is 18.2 Å². The SMILES string of the molecule is O=C(NCCC1CCCCN1)c1ccc2c(c1)CCC2. The molecule has 1 aliphatic carbocycles. The Labute approximate surface area is 121 Å². The summed E-state index contributed by atoms with van der Waals surface area (Å²) in [6, 6.07) is 6.76.